The third-order valence-corrected chi connectivity index (χ3v) is 4.92. The summed E-state index contributed by atoms with van der Waals surface area (Å²) < 4.78 is 38.1. The van der Waals surface area contributed by atoms with Gasteiger partial charge in [0.2, 0.25) is 0 Å². The Morgan fingerprint density at radius 1 is 1.07 bits per heavy atom. The van der Waals surface area contributed by atoms with E-state index >= 15 is 0 Å². The van der Waals surface area contributed by atoms with Crippen molar-refractivity contribution in [3.05, 3.63) is 58.1 Å². The second kappa shape index (κ2) is 8.28. The van der Waals surface area contributed by atoms with Gasteiger partial charge in [-0.25, -0.2) is 0 Å². The quantitative estimate of drug-likeness (QED) is 0.448. The number of phenols is 1. The van der Waals surface area contributed by atoms with Crippen LogP contribution in [0.25, 0.3) is 0 Å². The number of phenolic OH excluding ortho intramolecular Hbond substituents is 1. The molecule has 150 valence electrons. The smallest absolute Gasteiger partial charge is 0.416 e. The van der Waals surface area contributed by atoms with Crippen LogP contribution in [0.1, 0.15) is 16.7 Å². The maximum absolute atomic E-state index is 12.7. The van der Waals surface area contributed by atoms with E-state index in [1.807, 2.05) is 4.90 Å². The molecule has 1 aliphatic rings. The molecule has 0 bridgehead atoms. The lowest BCUT2D eigenvalue weighted by atomic mass is 10.1. The van der Waals surface area contributed by atoms with Gasteiger partial charge in [0.25, 0.3) is 0 Å². The Bertz CT molecular complexity index is 849. The number of benzene rings is 2. The maximum Gasteiger partial charge on any atom is 0.416 e. The molecule has 5 nitrogen and oxygen atoms in total. The van der Waals surface area contributed by atoms with Crippen molar-refractivity contribution in [2.75, 3.05) is 31.1 Å². The second-order valence-electron chi connectivity index (χ2n) is 6.56. The van der Waals surface area contributed by atoms with Gasteiger partial charge in [0.15, 0.2) is 0 Å². The molecule has 0 aromatic heterocycles. The van der Waals surface area contributed by atoms with Crippen LogP contribution >= 0.6 is 11.6 Å². The average molecular weight is 414 g/mol. The fourth-order valence-corrected chi connectivity index (χ4v) is 3.48. The van der Waals surface area contributed by atoms with E-state index in [1.54, 1.807) is 6.07 Å². The highest BCUT2D eigenvalue weighted by atomic mass is 35.5. The average Bonchev–Trinajstić information content (AvgIpc) is 2.66. The van der Waals surface area contributed by atoms with Gasteiger partial charge in [-0.2, -0.15) is 13.2 Å². The van der Waals surface area contributed by atoms with Crippen molar-refractivity contribution < 1.29 is 23.5 Å². The van der Waals surface area contributed by atoms with Crippen molar-refractivity contribution in [2.45, 2.75) is 12.7 Å². The summed E-state index contributed by atoms with van der Waals surface area (Å²) in [5.74, 6) is 0.00682. The normalized spacial score (nSPS) is 16.1. The summed E-state index contributed by atoms with van der Waals surface area (Å²) >= 11 is 6.06. The van der Waals surface area contributed by atoms with Gasteiger partial charge in [0.05, 0.1) is 11.8 Å². The van der Waals surface area contributed by atoms with Gasteiger partial charge >= 0.3 is 6.18 Å². The fraction of sp³-hybridized carbons (Fsp3) is 0.316. The number of rotatable bonds is 4. The lowest BCUT2D eigenvalue weighted by molar-refractivity contribution is -0.137. The van der Waals surface area contributed by atoms with E-state index in [0.29, 0.717) is 48.9 Å². The molecule has 2 N–H and O–H groups in total. The Labute approximate surface area is 165 Å². The van der Waals surface area contributed by atoms with E-state index in [-0.39, 0.29) is 5.75 Å². The highest BCUT2D eigenvalue weighted by Crippen LogP contribution is 2.31. The summed E-state index contributed by atoms with van der Waals surface area (Å²) in [6, 6.07) is 8.33. The first-order valence-electron chi connectivity index (χ1n) is 8.61. The van der Waals surface area contributed by atoms with E-state index in [9.17, 15) is 18.3 Å². The van der Waals surface area contributed by atoms with Crippen LogP contribution in [0.5, 0.6) is 5.75 Å². The molecule has 1 fully saturated rings. The van der Waals surface area contributed by atoms with Crippen LogP contribution in [-0.4, -0.2) is 47.6 Å². The molecule has 1 aliphatic heterocycles. The molecule has 3 rings (SSSR count). The van der Waals surface area contributed by atoms with E-state index in [1.165, 1.54) is 18.2 Å². The molecule has 1 saturated heterocycles. The van der Waals surface area contributed by atoms with Crippen LogP contribution in [0.4, 0.5) is 18.9 Å². The molecule has 0 spiro atoms. The Balaban J connectivity index is 1.63. The van der Waals surface area contributed by atoms with E-state index in [2.05, 4.69) is 10.1 Å². The Morgan fingerprint density at radius 2 is 1.71 bits per heavy atom. The summed E-state index contributed by atoms with van der Waals surface area (Å²) in [4.78, 5) is 4.14. The van der Waals surface area contributed by atoms with Crippen LogP contribution < -0.4 is 4.90 Å². The summed E-state index contributed by atoms with van der Waals surface area (Å²) in [6.07, 6.45) is -3.22. The summed E-state index contributed by atoms with van der Waals surface area (Å²) in [5, 5.41) is 22.3. The largest absolute Gasteiger partial charge is 0.507 e. The monoisotopic (exact) mass is 413 g/mol. The predicted octanol–water partition coefficient (Wildman–Crippen LogP) is 4.19. The number of anilines is 1. The van der Waals surface area contributed by atoms with Crippen molar-refractivity contribution in [3.8, 4) is 5.75 Å². The fourth-order valence-electron chi connectivity index (χ4n) is 3.23. The van der Waals surface area contributed by atoms with Gasteiger partial charge in [-0.05, 0) is 36.4 Å². The van der Waals surface area contributed by atoms with Crippen LogP contribution in [0.2, 0.25) is 5.02 Å². The van der Waals surface area contributed by atoms with Crippen molar-refractivity contribution in [2.24, 2.45) is 5.16 Å². The molecular formula is C19H19ClF3N3O2. The molecular weight excluding hydrogens is 395 g/mol. The van der Waals surface area contributed by atoms with Crippen LogP contribution in [0, 0.1) is 0 Å². The van der Waals surface area contributed by atoms with Crippen molar-refractivity contribution in [3.63, 3.8) is 0 Å². The Hall–Kier alpha value is -2.45. The number of nitrogens with zero attached hydrogens (tertiary/aromatic N) is 3. The Morgan fingerprint density at radius 3 is 2.29 bits per heavy atom. The topological polar surface area (TPSA) is 59.3 Å². The standard InChI is InChI=1S/C19H19ClF3N3O2/c20-16-9-13(11-24-28)18(27)14(10-16)12-25-5-7-26(8-6-25)17-3-1-15(2-4-17)19(21,22)23/h1-4,9-11,27-28H,5-8,12H2/b24-11+. The summed E-state index contributed by atoms with van der Waals surface area (Å²) in [6.45, 7) is 3.11. The molecule has 9 heteroatoms. The molecule has 0 radical (unpaired) electrons. The number of hydrogen-bond acceptors (Lipinski definition) is 5. The molecule has 0 amide bonds. The number of piperazine rings is 1. The number of halogens is 4. The van der Waals surface area contributed by atoms with E-state index < -0.39 is 11.7 Å². The molecule has 2 aromatic carbocycles. The van der Waals surface area contributed by atoms with Crippen LogP contribution in [0.15, 0.2) is 41.6 Å². The minimum Gasteiger partial charge on any atom is -0.507 e. The van der Waals surface area contributed by atoms with Crippen molar-refractivity contribution in [1.82, 2.24) is 4.90 Å². The maximum atomic E-state index is 12.7. The summed E-state index contributed by atoms with van der Waals surface area (Å²) in [5.41, 5.74) is 1.03. The van der Waals surface area contributed by atoms with Gasteiger partial charge in [0.1, 0.15) is 5.75 Å². The molecule has 28 heavy (non-hydrogen) atoms. The highest BCUT2D eigenvalue weighted by Gasteiger charge is 2.30. The lowest BCUT2D eigenvalue weighted by Gasteiger charge is -2.36. The predicted molar refractivity (Wildman–Crippen MR) is 101 cm³/mol. The third-order valence-electron chi connectivity index (χ3n) is 4.71. The molecule has 1 heterocycles. The molecule has 0 aliphatic carbocycles. The zero-order valence-corrected chi connectivity index (χ0v) is 15.6. The van der Waals surface area contributed by atoms with Crippen molar-refractivity contribution in [1.29, 1.82) is 0 Å². The molecule has 2 aromatic rings. The first kappa shape index (κ1) is 20.3. The number of hydrogen-bond donors (Lipinski definition) is 2. The zero-order chi connectivity index (χ0) is 20.3. The Kier molecular flexibility index (Phi) is 6.00. The van der Waals surface area contributed by atoms with Gasteiger partial charge in [-0.3, -0.25) is 4.90 Å². The number of aromatic hydroxyl groups is 1. The molecule has 0 saturated carbocycles. The zero-order valence-electron chi connectivity index (χ0n) is 14.8. The van der Waals surface area contributed by atoms with Crippen LogP contribution in [-0.2, 0) is 12.7 Å². The van der Waals surface area contributed by atoms with E-state index in [0.717, 1.165) is 24.0 Å². The van der Waals surface area contributed by atoms with E-state index in [4.69, 9.17) is 16.8 Å². The summed E-state index contributed by atoms with van der Waals surface area (Å²) in [7, 11) is 0. The first-order chi connectivity index (χ1) is 13.3. The van der Waals surface area contributed by atoms with Gasteiger partial charge in [-0.1, -0.05) is 16.8 Å². The molecule has 0 unspecified atom stereocenters. The van der Waals surface area contributed by atoms with Crippen molar-refractivity contribution >= 4 is 23.5 Å². The number of oxime groups is 1. The van der Waals surface area contributed by atoms with Gasteiger partial charge in [0, 0.05) is 54.6 Å². The first-order valence-corrected chi connectivity index (χ1v) is 8.99. The third kappa shape index (κ3) is 4.69. The molecule has 0 atom stereocenters. The van der Waals surface area contributed by atoms with Gasteiger partial charge in [-0.15, -0.1) is 0 Å². The van der Waals surface area contributed by atoms with Crippen LogP contribution in [0.3, 0.4) is 0 Å². The second-order valence-corrected chi connectivity index (χ2v) is 6.99. The lowest BCUT2D eigenvalue weighted by Crippen LogP contribution is -2.46. The SMILES string of the molecule is O/N=C/c1cc(Cl)cc(CN2CCN(c3ccc(C(F)(F)F)cc3)CC2)c1O. The minimum atomic E-state index is -4.34. The number of alkyl halides is 3. The highest BCUT2D eigenvalue weighted by molar-refractivity contribution is 6.31. The van der Waals surface area contributed by atoms with Gasteiger partial charge < -0.3 is 15.2 Å². The minimum absolute atomic E-state index is 0.00682.